The fourth-order valence-corrected chi connectivity index (χ4v) is 3.49. The Labute approximate surface area is 143 Å². The van der Waals surface area contributed by atoms with Crippen molar-refractivity contribution in [2.45, 2.75) is 37.2 Å². The molecule has 1 fully saturated rings. The van der Waals surface area contributed by atoms with E-state index in [0.717, 1.165) is 19.5 Å². The summed E-state index contributed by atoms with van der Waals surface area (Å²) in [6, 6.07) is 8.32. The van der Waals surface area contributed by atoms with Crippen LogP contribution < -0.4 is 5.32 Å². The minimum atomic E-state index is -0.813. The van der Waals surface area contributed by atoms with Gasteiger partial charge in [0.2, 0.25) is 5.91 Å². The van der Waals surface area contributed by atoms with Gasteiger partial charge in [-0.25, -0.2) is 0 Å². The summed E-state index contributed by atoms with van der Waals surface area (Å²) in [7, 11) is 3.45. The van der Waals surface area contributed by atoms with E-state index in [2.05, 4.69) is 23.5 Å². The number of carbonyl (C=O) groups is 1. The Bertz CT molecular complexity index is 542. The largest absolute Gasteiger partial charge is 0.389 e. The van der Waals surface area contributed by atoms with Crippen LogP contribution in [0.25, 0.3) is 0 Å². The van der Waals surface area contributed by atoms with Gasteiger partial charge in [-0.15, -0.1) is 11.6 Å². The predicted molar refractivity (Wildman–Crippen MR) is 93.7 cm³/mol. The van der Waals surface area contributed by atoms with E-state index in [1.807, 2.05) is 13.0 Å². The van der Waals surface area contributed by atoms with Crippen molar-refractivity contribution in [2.75, 3.05) is 27.2 Å². The molecule has 2 unspecified atom stereocenters. The number of rotatable bonds is 2. The molecule has 4 nitrogen and oxygen atoms in total. The Kier molecular flexibility index (Phi) is 6.06. The molecular formula is C18H27ClN2O2. The van der Waals surface area contributed by atoms with Gasteiger partial charge in [0.05, 0.1) is 16.9 Å². The molecule has 2 atom stereocenters. The fourth-order valence-electron chi connectivity index (χ4n) is 3.11. The highest BCUT2D eigenvalue weighted by Gasteiger charge is 2.39. The SMILES string of the molecule is CC(C(=O)N(C)C)C1(O)CCNCC1.ClC1Cc2ccccc21. The Balaban J connectivity index is 0.000000182. The summed E-state index contributed by atoms with van der Waals surface area (Å²) in [5.41, 5.74) is 1.92. The number of alkyl halides is 1. The van der Waals surface area contributed by atoms with E-state index >= 15 is 0 Å². The number of halogens is 1. The summed E-state index contributed by atoms with van der Waals surface area (Å²) in [6.45, 7) is 3.40. The highest BCUT2D eigenvalue weighted by atomic mass is 35.5. The van der Waals surface area contributed by atoms with E-state index in [1.165, 1.54) is 11.1 Å². The van der Waals surface area contributed by atoms with E-state index < -0.39 is 5.60 Å². The molecule has 0 spiro atoms. The second kappa shape index (κ2) is 7.65. The summed E-state index contributed by atoms with van der Waals surface area (Å²) in [4.78, 5) is 13.2. The third-order valence-corrected chi connectivity index (χ3v) is 5.27. The molecule has 1 aliphatic carbocycles. The van der Waals surface area contributed by atoms with Crippen LogP contribution in [0.2, 0.25) is 0 Å². The Hall–Kier alpha value is -1.10. The van der Waals surface area contributed by atoms with Gasteiger partial charge in [0.15, 0.2) is 0 Å². The van der Waals surface area contributed by atoms with Gasteiger partial charge in [-0.3, -0.25) is 4.79 Å². The van der Waals surface area contributed by atoms with Crippen LogP contribution in [0.3, 0.4) is 0 Å². The molecule has 2 aliphatic rings. The van der Waals surface area contributed by atoms with Gasteiger partial charge in [0, 0.05) is 14.1 Å². The third kappa shape index (κ3) is 4.25. The van der Waals surface area contributed by atoms with E-state index in [9.17, 15) is 9.90 Å². The van der Waals surface area contributed by atoms with Crippen LogP contribution in [0.5, 0.6) is 0 Å². The number of benzene rings is 1. The molecule has 1 aromatic rings. The quantitative estimate of drug-likeness (QED) is 0.814. The second-order valence-electron chi connectivity index (χ2n) is 6.68. The standard InChI is InChI=1S/C10H20N2O2.C8H7Cl/c1-8(9(13)12(2)3)10(14)4-6-11-7-5-10;9-8-5-6-3-1-2-4-7(6)8/h8,11,14H,4-7H2,1-3H3;1-4,8H,5H2. The van der Waals surface area contributed by atoms with Gasteiger partial charge < -0.3 is 15.3 Å². The molecule has 1 aliphatic heterocycles. The normalized spacial score (nSPS) is 22.7. The Morgan fingerprint density at radius 3 is 2.43 bits per heavy atom. The van der Waals surface area contributed by atoms with Crippen molar-refractivity contribution in [3.63, 3.8) is 0 Å². The molecule has 128 valence electrons. The monoisotopic (exact) mass is 338 g/mol. The zero-order chi connectivity index (χ0) is 17.0. The third-order valence-electron chi connectivity index (χ3n) is 4.88. The van der Waals surface area contributed by atoms with Crippen LogP contribution in [0.1, 0.15) is 36.3 Å². The maximum absolute atomic E-state index is 11.7. The first-order valence-electron chi connectivity index (χ1n) is 8.21. The van der Waals surface area contributed by atoms with E-state index in [0.29, 0.717) is 18.2 Å². The lowest BCUT2D eigenvalue weighted by molar-refractivity contribution is -0.143. The highest BCUT2D eigenvalue weighted by molar-refractivity contribution is 6.22. The number of amides is 1. The van der Waals surface area contributed by atoms with Gasteiger partial charge in [0.25, 0.3) is 0 Å². The van der Waals surface area contributed by atoms with Crippen molar-refractivity contribution in [2.24, 2.45) is 5.92 Å². The zero-order valence-electron chi connectivity index (χ0n) is 14.2. The number of hydrogen-bond acceptors (Lipinski definition) is 3. The number of hydrogen-bond donors (Lipinski definition) is 2. The summed E-state index contributed by atoms with van der Waals surface area (Å²) >= 11 is 5.88. The maximum Gasteiger partial charge on any atom is 0.227 e. The van der Waals surface area contributed by atoms with Crippen molar-refractivity contribution >= 4 is 17.5 Å². The Morgan fingerprint density at radius 2 is 1.96 bits per heavy atom. The second-order valence-corrected chi connectivity index (χ2v) is 7.21. The van der Waals surface area contributed by atoms with Gasteiger partial charge in [-0.1, -0.05) is 31.2 Å². The van der Waals surface area contributed by atoms with E-state index in [4.69, 9.17) is 11.6 Å². The molecule has 1 saturated heterocycles. The fraction of sp³-hybridized carbons (Fsp3) is 0.611. The van der Waals surface area contributed by atoms with Crippen molar-refractivity contribution in [3.8, 4) is 0 Å². The first kappa shape index (κ1) is 18.2. The molecule has 5 heteroatoms. The predicted octanol–water partition coefficient (Wildman–Crippen LogP) is 2.35. The van der Waals surface area contributed by atoms with Gasteiger partial charge >= 0.3 is 0 Å². The first-order valence-corrected chi connectivity index (χ1v) is 8.65. The van der Waals surface area contributed by atoms with Crippen LogP contribution >= 0.6 is 11.6 Å². The molecule has 0 bridgehead atoms. The molecule has 1 amide bonds. The first-order chi connectivity index (χ1) is 10.8. The number of piperidine rings is 1. The van der Waals surface area contributed by atoms with Gasteiger partial charge in [0.1, 0.15) is 0 Å². The van der Waals surface area contributed by atoms with Gasteiger partial charge in [-0.2, -0.15) is 0 Å². The lowest BCUT2D eigenvalue weighted by atomic mass is 9.80. The molecule has 0 saturated carbocycles. The molecule has 0 aromatic heterocycles. The molecule has 23 heavy (non-hydrogen) atoms. The summed E-state index contributed by atoms with van der Waals surface area (Å²) < 4.78 is 0. The van der Waals surface area contributed by atoms with Crippen LogP contribution in [0, 0.1) is 5.92 Å². The molecule has 2 N–H and O–H groups in total. The summed E-state index contributed by atoms with van der Waals surface area (Å²) in [6.07, 6.45) is 2.37. The van der Waals surface area contributed by atoms with Crippen LogP contribution in [-0.4, -0.2) is 48.7 Å². The smallest absolute Gasteiger partial charge is 0.227 e. The topological polar surface area (TPSA) is 52.6 Å². The van der Waals surface area contributed by atoms with Crippen LogP contribution in [-0.2, 0) is 11.2 Å². The number of nitrogens with zero attached hydrogens (tertiary/aromatic N) is 1. The molecular weight excluding hydrogens is 312 g/mol. The maximum atomic E-state index is 11.7. The zero-order valence-corrected chi connectivity index (χ0v) is 14.9. The molecule has 3 rings (SSSR count). The van der Waals surface area contributed by atoms with Crippen LogP contribution in [0.15, 0.2) is 24.3 Å². The lowest BCUT2D eigenvalue weighted by Gasteiger charge is -2.37. The van der Waals surface area contributed by atoms with Crippen molar-refractivity contribution in [1.82, 2.24) is 10.2 Å². The average molecular weight is 339 g/mol. The average Bonchev–Trinajstić information content (AvgIpc) is 2.54. The minimum absolute atomic E-state index is 0.00870. The van der Waals surface area contributed by atoms with Crippen molar-refractivity contribution in [1.29, 1.82) is 0 Å². The minimum Gasteiger partial charge on any atom is -0.389 e. The van der Waals surface area contributed by atoms with E-state index in [-0.39, 0.29) is 11.8 Å². The lowest BCUT2D eigenvalue weighted by Crippen LogP contribution is -2.51. The molecule has 1 heterocycles. The number of carbonyl (C=O) groups excluding carboxylic acids is 1. The van der Waals surface area contributed by atoms with Gasteiger partial charge in [-0.05, 0) is 43.5 Å². The molecule has 1 aromatic carbocycles. The van der Waals surface area contributed by atoms with Crippen molar-refractivity contribution < 1.29 is 9.90 Å². The Morgan fingerprint density at radius 1 is 1.35 bits per heavy atom. The van der Waals surface area contributed by atoms with Crippen LogP contribution in [0.4, 0.5) is 0 Å². The van der Waals surface area contributed by atoms with Crippen molar-refractivity contribution in [3.05, 3.63) is 35.4 Å². The number of nitrogens with one attached hydrogen (secondary N) is 1. The highest BCUT2D eigenvalue weighted by Crippen LogP contribution is 2.37. The summed E-state index contributed by atoms with van der Waals surface area (Å²) in [5, 5.41) is 13.7. The van der Waals surface area contributed by atoms with E-state index in [1.54, 1.807) is 19.0 Å². The number of fused-ring (bicyclic) bond motifs is 1. The molecule has 0 radical (unpaired) electrons. The summed E-state index contributed by atoms with van der Waals surface area (Å²) in [5.74, 6) is -0.297. The number of aliphatic hydroxyl groups is 1.